The highest BCUT2D eigenvalue weighted by atomic mass is 32.1. The summed E-state index contributed by atoms with van der Waals surface area (Å²) in [5.41, 5.74) is 13.2. The highest BCUT2D eigenvalue weighted by molar-refractivity contribution is 7.26. The second kappa shape index (κ2) is 11.2. The molecule has 13 rings (SSSR count). The Balaban J connectivity index is 1.10. The third-order valence-electron chi connectivity index (χ3n) is 12.0. The van der Waals surface area contributed by atoms with Crippen molar-refractivity contribution < 1.29 is 0 Å². The maximum atomic E-state index is 2.52. The Morgan fingerprint density at radius 1 is 0.357 bits per heavy atom. The molecule has 4 heterocycles. The van der Waals surface area contributed by atoms with Gasteiger partial charge in [-0.2, -0.15) is 0 Å². The van der Waals surface area contributed by atoms with Gasteiger partial charge in [-0.15, -0.1) is 11.3 Å². The fourth-order valence-corrected chi connectivity index (χ4v) is 10.7. The molecule has 0 atom stereocenters. The molecule has 0 N–H and O–H groups in total. The van der Waals surface area contributed by atoms with Crippen LogP contribution in [0.3, 0.4) is 0 Å². The van der Waals surface area contributed by atoms with Crippen LogP contribution in [0.1, 0.15) is 0 Å². The SMILES string of the molecule is c1ccc2cc(-c3ccc(N(c4ccc5c(c4)n4c6ccccc6c6ccc7c8ccccc8n5c7c64)c4cccc5c4sc4ccccc45)cc3)ccc2c1. The van der Waals surface area contributed by atoms with Crippen molar-refractivity contribution in [2.75, 3.05) is 4.90 Å². The molecule has 0 bridgehead atoms. The normalized spacial score (nSPS) is 12.3. The van der Waals surface area contributed by atoms with Crippen LogP contribution < -0.4 is 4.90 Å². The average molecular weight is 730 g/mol. The van der Waals surface area contributed by atoms with E-state index in [-0.39, 0.29) is 0 Å². The predicted octanol–water partition coefficient (Wildman–Crippen LogP) is 14.9. The summed E-state index contributed by atoms with van der Waals surface area (Å²) in [4.78, 5) is 2.47. The van der Waals surface area contributed by atoms with E-state index in [9.17, 15) is 0 Å². The van der Waals surface area contributed by atoms with E-state index >= 15 is 0 Å². The lowest BCUT2D eigenvalue weighted by Gasteiger charge is -2.27. The summed E-state index contributed by atoms with van der Waals surface area (Å²) in [5.74, 6) is 0. The quantitative estimate of drug-likeness (QED) is 0.164. The van der Waals surface area contributed by atoms with Crippen molar-refractivity contribution in [3.8, 4) is 11.1 Å². The van der Waals surface area contributed by atoms with E-state index in [0.717, 1.165) is 11.4 Å². The third kappa shape index (κ3) is 4.06. The molecule has 0 amide bonds. The van der Waals surface area contributed by atoms with Crippen molar-refractivity contribution in [1.82, 2.24) is 8.80 Å². The lowest BCUT2D eigenvalue weighted by atomic mass is 10.0. The second-order valence-corrected chi connectivity index (χ2v) is 16.0. The Kier molecular flexibility index (Phi) is 6.04. The van der Waals surface area contributed by atoms with Crippen molar-refractivity contribution in [3.05, 3.63) is 188 Å². The van der Waals surface area contributed by atoms with Crippen LogP contribution in [0.2, 0.25) is 0 Å². The number of para-hydroxylation sites is 2. The van der Waals surface area contributed by atoms with Gasteiger partial charge in [0.25, 0.3) is 0 Å². The maximum absolute atomic E-state index is 2.52. The molecule has 0 radical (unpaired) electrons. The van der Waals surface area contributed by atoms with E-state index in [2.05, 4.69) is 202 Å². The Bertz CT molecular complexity index is 3710. The Morgan fingerprint density at radius 3 is 1.73 bits per heavy atom. The van der Waals surface area contributed by atoms with Crippen molar-refractivity contribution >= 4 is 114 Å². The van der Waals surface area contributed by atoms with E-state index < -0.39 is 0 Å². The third-order valence-corrected chi connectivity index (χ3v) is 13.2. The number of rotatable bonds is 4. The van der Waals surface area contributed by atoms with E-state index in [0.29, 0.717) is 0 Å². The zero-order valence-electron chi connectivity index (χ0n) is 30.1. The molecule has 9 aromatic carbocycles. The van der Waals surface area contributed by atoms with Gasteiger partial charge in [0.2, 0.25) is 0 Å². The van der Waals surface area contributed by atoms with E-state index in [1.54, 1.807) is 0 Å². The van der Waals surface area contributed by atoms with Crippen molar-refractivity contribution in [3.63, 3.8) is 0 Å². The van der Waals surface area contributed by atoms with Gasteiger partial charge in [0.15, 0.2) is 0 Å². The summed E-state index contributed by atoms with van der Waals surface area (Å²) < 4.78 is 7.60. The van der Waals surface area contributed by atoms with Crippen LogP contribution in [0.25, 0.3) is 96.7 Å². The summed E-state index contributed by atoms with van der Waals surface area (Å²) in [6, 6.07) is 69.5. The predicted molar refractivity (Wildman–Crippen MR) is 240 cm³/mol. The topological polar surface area (TPSA) is 12.1 Å². The van der Waals surface area contributed by atoms with Crippen LogP contribution in [0.15, 0.2) is 188 Å². The molecule has 3 nitrogen and oxygen atoms in total. The molecule has 0 aliphatic rings. The fraction of sp³-hybridized carbons (Fsp3) is 0. The first-order chi connectivity index (χ1) is 27.8. The molecular formula is C52H31N3S. The van der Waals surface area contributed by atoms with Gasteiger partial charge < -0.3 is 13.7 Å². The molecule has 0 spiro atoms. The number of nitrogens with zero attached hydrogens (tertiary/aromatic N) is 3. The van der Waals surface area contributed by atoms with Gasteiger partial charge in [-0.1, -0.05) is 127 Å². The highest BCUT2D eigenvalue weighted by Crippen LogP contribution is 2.47. The zero-order chi connectivity index (χ0) is 36.5. The van der Waals surface area contributed by atoms with Crippen LogP contribution in [0, 0.1) is 0 Å². The number of anilines is 3. The Labute approximate surface area is 325 Å². The van der Waals surface area contributed by atoms with Crippen molar-refractivity contribution in [1.29, 1.82) is 0 Å². The van der Waals surface area contributed by atoms with Crippen LogP contribution in [0.5, 0.6) is 0 Å². The number of hydrogen-bond donors (Lipinski definition) is 0. The van der Waals surface area contributed by atoms with Crippen molar-refractivity contribution in [2.24, 2.45) is 0 Å². The first-order valence-electron chi connectivity index (χ1n) is 19.2. The van der Waals surface area contributed by atoms with Crippen LogP contribution in [-0.2, 0) is 0 Å². The summed E-state index contributed by atoms with van der Waals surface area (Å²) in [5, 5.41) is 10.2. The van der Waals surface area contributed by atoms with Gasteiger partial charge in [0, 0.05) is 48.4 Å². The Hall–Kier alpha value is -7.14. The molecule has 56 heavy (non-hydrogen) atoms. The Morgan fingerprint density at radius 2 is 0.964 bits per heavy atom. The van der Waals surface area contributed by atoms with Gasteiger partial charge in [-0.05, 0) is 82.6 Å². The molecule has 260 valence electrons. The minimum Gasteiger partial charge on any atom is -0.309 e. The fourth-order valence-electron chi connectivity index (χ4n) is 9.53. The minimum absolute atomic E-state index is 1.12. The van der Waals surface area contributed by atoms with E-state index in [1.165, 1.54) is 102 Å². The van der Waals surface area contributed by atoms with Gasteiger partial charge in [0.1, 0.15) is 0 Å². The molecule has 0 saturated carbocycles. The summed E-state index contributed by atoms with van der Waals surface area (Å²) in [6.07, 6.45) is 0. The van der Waals surface area contributed by atoms with Crippen LogP contribution >= 0.6 is 11.3 Å². The van der Waals surface area contributed by atoms with Gasteiger partial charge >= 0.3 is 0 Å². The lowest BCUT2D eigenvalue weighted by Crippen LogP contribution is -2.10. The first-order valence-corrected chi connectivity index (χ1v) is 20.0. The van der Waals surface area contributed by atoms with Crippen LogP contribution in [-0.4, -0.2) is 8.80 Å². The molecule has 0 fully saturated rings. The lowest BCUT2D eigenvalue weighted by molar-refractivity contribution is 1.24. The molecular weight excluding hydrogens is 699 g/mol. The van der Waals surface area contributed by atoms with Crippen LogP contribution in [0.4, 0.5) is 17.1 Å². The van der Waals surface area contributed by atoms with E-state index in [4.69, 9.17) is 0 Å². The number of hydrogen-bond acceptors (Lipinski definition) is 2. The number of thiophene rings is 1. The van der Waals surface area contributed by atoms with Gasteiger partial charge in [-0.3, -0.25) is 0 Å². The zero-order valence-corrected chi connectivity index (χ0v) is 31.0. The summed E-state index contributed by atoms with van der Waals surface area (Å²) in [6.45, 7) is 0. The monoisotopic (exact) mass is 729 g/mol. The highest BCUT2D eigenvalue weighted by Gasteiger charge is 2.24. The molecule has 0 unspecified atom stereocenters. The standard InChI is InChI=1S/C52H31N3S/c1-2-11-34-30-35(21-20-32(34)10-1)33-22-24-36(25-23-33)53(47-18-9-15-43-40-14-5-8-19-49(40)56-52(43)47)37-26-29-46-48(31-37)55-45-17-7-4-13-39(45)42-28-27-41-38-12-3-6-16-44(38)54(46)50(41)51(42)55/h1-31H. The van der Waals surface area contributed by atoms with Gasteiger partial charge in [-0.25, -0.2) is 0 Å². The molecule has 0 saturated heterocycles. The number of benzene rings is 9. The molecule has 0 aliphatic heterocycles. The van der Waals surface area contributed by atoms with Crippen molar-refractivity contribution in [2.45, 2.75) is 0 Å². The van der Waals surface area contributed by atoms with E-state index in [1.807, 2.05) is 11.3 Å². The average Bonchev–Trinajstić information content (AvgIpc) is 3.92. The number of fused-ring (bicyclic) bond motifs is 13. The number of aromatic nitrogens is 2. The molecule has 13 aromatic rings. The second-order valence-electron chi connectivity index (χ2n) is 14.9. The smallest absolute Gasteiger partial charge is 0.0789 e. The molecule has 4 aromatic heterocycles. The van der Waals surface area contributed by atoms with Gasteiger partial charge in [0.05, 0.1) is 43.5 Å². The first kappa shape index (κ1) is 30.2. The maximum Gasteiger partial charge on any atom is 0.0789 e. The summed E-state index contributed by atoms with van der Waals surface area (Å²) >= 11 is 1.87. The molecule has 4 heteroatoms. The molecule has 0 aliphatic carbocycles. The summed E-state index contributed by atoms with van der Waals surface area (Å²) in [7, 11) is 0. The minimum atomic E-state index is 1.12. The largest absolute Gasteiger partial charge is 0.309 e.